The number of aromatic amines is 1. The second-order valence-electron chi connectivity index (χ2n) is 6.02. The van der Waals surface area contributed by atoms with Gasteiger partial charge in [0.2, 0.25) is 0 Å². The Balaban J connectivity index is 1.60. The first-order valence-corrected chi connectivity index (χ1v) is 7.90. The van der Waals surface area contributed by atoms with E-state index in [2.05, 4.69) is 29.9 Å². The van der Waals surface area contributed by atoms with Gasteiger partial charge in [0.1, 0.15) is 5.82 Å². The van der Waals surface area contributed by atoms with Crippen molar-refractivity contribution >= 4 is 10.9 Å². The zero-order valence-electron chi connectivity index (χ0n) is 13.4. The van der Waals surface area contributed by atoms with Gasteiger partial charge in [0.05, 0.1) is 23.9 Å². The van der Waals surface area contributed by atoms with Gasteiger partial charge in [0.15, 0.2) is 0 Å². The normalized spacial score (nSPS) is 14.0. The Morgan fingerprint density at radius 2 is 1.91 bits per heavy atom. The van der Waals surface area contributed by atoms with Crippen LogP contribution in [0.5, 0.6) is 0 Å². The summed E-state index contributed by atoms with van der Waals surface area (Å²) in [4.78, 5) is 7.76. The van der Waals surface area contributed by atoms with Gasteiger partial charge in [0, 0.05) is 17.8 Å². The quantitative estimate of drug-likeness (QED) is 0.728. The Morgan fingerprint density at radius 3 is 2.70 bits per heavy atom. The van der Waals surface area contributed by atoms with Crippen molar-refractivity contribution in [1.29, 1.82) is 0 Å². The number of hydrogen-bond acceptors (Lipinski definition) is 2. The lowest BCUT2D eigenvalue weighted by molar-refractivity contribution is 0.0183. The number of benzene rings is 1. The fourth-order valence-corrected chi connectivity index (χ4v) is 2.64. The largest absolute Gasteiger partial charge is 0.374 e. The SMILES string of the molecule is CC(Cc1nccc2cc[nH]c12)C(C)OCc1ccc(F)cc1. The lowest BCUT2D eigenvalue weighted by Crippen LogP contribution is -2.20. The molecule has 3 aromatic rings. The van der Waals surface area contributed by atoms with Gasteiger partial charge in [-0.2, -0.15) is 0 Å². The van der Waals surface area contributed by atoms with Crippen LogP contribution < -0.4 is 0 Å². The molecule has 120 valence electrons. The molecule has 0 fully saturated rings. The second kappa shape index (κ2) is 6.92. The van der Waals surface area contributed by atoms with E-state index in [1.54, 1.807) is 12.1 Å². The molecule has 0 saturated carbocycles. The Bertz CT molecular complexity index is 766. The number of halogens is 1. The van der Waals surface area contributed by atoms with Crippen molar-refractivity contribution in [2.75, 3.05) is 0 Å². The van der Waals surface area contributed by atoms with Crippen molar-refractivity contribution in [3.05, 3.63) is 65.9 Å². The summed E-state index contributed by atoms with van der Waals surface area (Å²) >= 11 is 0. The van der Waals surface area contributed by atoms with Crippen molar-refractivity contribution in [1.82, 2.24) is 9.97 Å². The zero-order valence-corrected chi connectivity index (χ0v) is 13.4. The molecule has 2 aromatic heterocycles. The van der Waals surface area contributed by atoms with Crippen LogP contribution >= 0.6 is 0 Å². The van der Waals surface area contributed by atoms with Gasteiger partial charge < -0.3 is 9.72 Å². The van der Waals surface area contributed by atoms with Gasteiger partial charge in [-0.15, -0.1) is 0 Å². The highest BCUT2D eigenvalue weighted by Gasteiger charge is 2.16. The molecular weight excluding hydrogens is 291 g/mol. The molecule has 2 atom stereocenters. The van der Waals surface area contributed by atoms with Crippen LogP contribution in [0, 0.1) is 11.7 Å². The zero-order chi connectivity index (χ0) is 16.2. The van der Waals surface area contributed by atoms with Crippen LogP contribution in [0.2, 0.25) is 0 Å². The number of hydrogen-bond donors (Lipinski definition) is 1. The maximum atomic E-state index is 12.9. The average Bonchev–Trinajstić information content (AvgIpc) is 3.03. The van der Waals surface area contributed by atoms with E-state index in [-0.39, 0.29) is 11.9 Å². The molecule has 2 unspecified atom stereocenters. The van der Waals surface area contributed by atoms with Gasteiger partial charge >= 0.3 is 0 Å². The Morgan fingerprint density at radius 1 is 1.13 bits per heavy atom. The van der Waals surface area contributed by atoms with Gasteiger partial charge in [-0.25, -0.2) is 4.39 Å². The smallest absolute Gasteiger partial charge is 0.123 e. The number of nitrogens with one attached hydrogen (secondary N) is 1. The van der Waals surface area contributed by atoms with Crippen LogP contribution in [-0.2, 0) is 17.8 Å². The molecule has 0 radical (unpaired) electrons. The maximum Gasteiger partial charge on any atom is 0.123 e. The minimum atomic E-state index is -0.222. The number of fused-ring (bicyclic) bond motifs is 1. The standard InChI is InChI=1S/C19H21FN2O/c1-13(11-18-19-16(7-9-21-18)8-10-22-19)14(2)23-12-15-3-5-17(20)6-4-15/h3-10,13-14,22H,11-12H2,1-2H3. The highest BCUT2D eigenvalue weighted by Crippen LogP contribution is 2.20. The van der Waals surface area contributed by atoms with E-state index in [0.29, 0.717) is 12.5 Å². The molecule has 2 heterocycles. The summed E-state index contributed by atoms with van der Waals surface area (Å²) in [7, 11) is 0. The number of nitrogens with zero attached hydrogens (tertiary/aromatic N) is 1. The van der Waals surface area contributed by atoms with Crippen molar-refractivity contribution < 1.29 is 9.13 Å². The van der Waals surface area contributed by atoms with Crippen molar-refractivity contribution in [3.63, 3.8) is 0 Å². The molecule has 0 aliphatic rings. The van der Waals surface area contributed by atoms with E-state index in [1.165, 1.54) is 17.5 Å². The number of pyridine rings is 1. The van der Waals surface area contributed by atoms with E-state index in [9.17, 15) is 4.39 Å². The predicted octanol–water partition coefficient (Wildman–Crippen LogP) is 4.49. The van der Waals surface area contributed by atoms with Gasteiger partial charge in [-0.1, -0.05) is 19.1 Å². The van der Waals surface area contributed by atoms with E-state index in [1.807, 2.05) is 18.5 Å². The van der Waals surface area contributed by atoms with Crippen molar-refractivity contribution in [2.45, 2.75) is 33.0 Å². The number of H-pyrrole nitrogens is 1. The molecule has 0 saturated heterocycles. The summed E-state index contributed by atoms with van der Waals surface area (Å²) in [6.07, 6.45) is 4.73. The minimum Gasteiger partial charge on any atom is -0.374 e. The summed E-state index contributed by atoms with van der Waals surface area (Å²) < 4.78 is 18.8. The lowest BCUT2D eigenvalue weighted by Gasteiger charge is -2.20. The van der Waals surface area contributed by atoms with Crippen LogP contribution in [0.4, 0.5) is 4.39 Å². The summed E-state index contributed by atoms with van der Waals surface area (Å²) in [5, 5.41) is 1.18. The molecule has 0 spiro atoms. The number of rotatable bonds is 6. The van der Waals surface area contributed by atoms with E-state index in [0.717, 1.165) is 23.2 Å². The monoisotopic (exact) mass is 312 g/mol. The highest BCUT2D eigenvalue weighted by atomic mass is 19.1. The number of ether oxygens (including phenoxy) is 1. The summed E-state index contributed by atoms with van der Waals surface area (Å²) in [6.45, 7) is 4.73. The second-order valence-corrected chi connectivity index (χ2v) is 6.02. The molecule has 1 aromatic carbocycles. The van der Waals surface area contributed by atoms with Gasteiger partial charge in [-0.3, -0.25) is 4.98 Å². The summed E-state index contributed by atoms with van der Waals surface area (Å²) in [5.74, 6) is 0.108. The summed E-state index contributed by atoms with van der Waals surface area (Å²) in [6, 6.07) is 10.5. The third-order valence-electron chi connectivity index (χ3n) is 4.30. The van der Waals surface area contributed by atoms with Gasteiger partial charge in [0.25, 0.3) is 0 Å². The first kappa shape index (κ1) is 15.7. The van der Waals surface area contributed by atoms with E-state index in [4.69, 9.17) is 4.74 Å². The third-order valence-corrected chi connectivity index (χ3v) is 4.30. The molecule has 1 N–H and O–H groups in total. The van der Waals surface area contributed by atoms with Crippen LogP contribution in [0.1, 0.15) is 25.1 Å². The Kier molecular flexibility index (Phi) is 4.72. The minimum absolute atomic E-state index is 0.0899. The molecule has 0 aliphatic heterocycles. The Hall–Kier alpha value is -2.20. The molecule has 23 heavy (non-hydrogen) atoms. The first-order valence-electron chi connectivity index (χ1n) is 7.90. The molecule has 0 bridgehead atoms. The Labute approximate surface area is 135 Å². The van der Waals surface area contributed by atoms with Crippen molar-refractivity contribution in [3.8, 4) is 0 Å². The molecule has 0 aliphatic carbocycles. The lowest BCUT2D eigenvalue weighted by atomic mass is 9.98. The highest BCUT2D eigenvalue weighted by molar-refractivity contribution is 5.80. The fourth-order valence-electron chi connectivity index (χ4n) is 2.64. The number of aromatic nitrogens is 2. The summed E-state index contributed by atoms with van der Waals surface area (Å²) in [5.41, 5.74) is 3.15. The molecular formula is C19H21FN2O. The molecule has 4 heteroatoms. The van der Waals surface area contributed by atoms with Crippen LogP contribution in [0.15, 0.2) is 48.8 Å². The average molecular weight is 312 g/mol. The topological polar surface area (TPSA) is 37.9 Å². The first-order chi connectivity index (χ1) is 11.1. The van der Waals surface area contributed by atoms with Crippen LogP contribution in [0.3, 0.4) is 0 Å². The fraction of sp³-hybridized carbons (Fsp3) is 0.316. The molecule has 3 nitrogen and oxygen atoms in total. The van der Waals surface area contributed by atoms with E-state index >= 15 is 0 Å². The van der Waals surface area contributed by atoms with Crippen molar-refractivity contribution in [2.24, 2.45) is 5.92 Å². The predicted molar refractivity (Wildman–Crippen MR) is 89.6 cm³/mol. The third kappa shape index (κ3) is 3.77. The molecule has 0 amide bonds. The van der Waals surface area contributed by atoms with Crippen LogP contribution in [-0.4, -0.2) is 16.1 Å². The maximum absolute atomic E-state index is 12.9. The van der Waals surface area contributed by atoms with Gasteiger partial charge in [-0.05, 0) is 49.1 Å². The molecule has 3 rings (SSSR count). The van der Waals surface area contributed by atoms with Crippen LogP contribution in [0.25, 0.3) is 10.9 Å². The van der Waals surface area contributed by atoms with E-state index < -0.39 is 0 Å².